The normalized spacial score (nSPS) is 40.3. The summed E-state index contributed by atoms with van der Waals surface area (Å²) in [6.07, 6.45) is 3.44. The SMILES string of the molecule is CC(=O)OC(C)O[C@H]1C[C@H]2CC[C@]1(C)C2(C)C. The molecule has 2 aliphatic carbocycles. The number of hydrogen-bond donors (Lipinski definition) is 0. The average Bonchev–Trinajstić information content (AvgIpc) is 2.49. The Kier molecular flexibility index (Phi) is 3.01. The quantitative estimate of drug-likeness (QED) is 0.561. The molecule has 0 radical (unpaired) electrons. The van der Waals surface area contributed by atoms with Gasteiger partial charge in [-0.3, -0.25) is 4.79 Å². The summed E-state index contributed by atoms with van der Waals surface area (Å²) < 4.78 is 11.0. The summed E-state index contributed by atoms with van der Waals surface area (Å²) in [5, 5.41) is 0. The molecule has 2 aliphatic rings. The second kappa shape index (κ2) is 3.98. The van der Waals surface area contributed by atoms with Gasteiger partial charge < -0.3 is 9.47 Å². The first-order chi connectivity index (χ1) is 7.77. The van der Waals surface area contributed by atoms with Crippen molar-refractivity contribution in [1.29, 1.82) is 0 Å². The lowest BCUT2D eigenvalue weighted by Crippen LogP contribution is -2.39. The van der Waals surface area contributed by atoms with Gasteiger partial charge in [0.15, 0.2) is 6.29 Å². The van der Waals surface area contributed by atoms with Gasteiger partial charge in [0, 0.05) is 6.92 Å². The van der Waals surface area contributed by atoms with Gasteiger partial charge in [0.25, 0.3) is 0 Å². The zero-order valence-corrected chi connectivity index (χ0v) is 11.6. The number of carbonyl (C=O) groups excluding carboxylic acids is 1. The minimum Gasteiger partial charge on any atom is -0.436 e. The van der Waals surface area contributed by atoms with Crippen LogP contribution >= 0.6 is 0 Å². The van der Waals surface area contributed by atoms with Crippen molar-refractivity contribution in [2.24, 2.45) is 16.7 Å². The third-order valence-electron chi connectivity index (χ3n) is 5.40. The predicted octanol–water partition coefficient (Wildman–Crippen LogP) is 3.13. The zero-order chi connectivity index (χ0) is 12.8. The van der Waals surface area contributed by atoms with Crippen LogP contribution in [-0.2, 0) is 14.3 Å². The van der Waals surface area contributed by atoms with Crippen molar-refractivity contribution in [3.05, 3.63) is 0 Å². The summed E-state index contributed by atoms with van der Waals surface area (Å²) in [6, 6.07) is 0. The van der Waals surface area contributed by atoms with E-state index in [0.717, 1.165) is 12.3 Å². The van der Waals surface area contributed by atoms with Crippen LogP contribution in [0.15, 0.2) is 0 Å². The zero-order valence-electron chi connectivity index (χ0n) is 11.6. The maximum atomic E-state index is 10.9. The van der Waals surface area contributed by atoms with Crippen LogP contribution in [0.2, 0.25) is 0 Å². The van der Waals surface area contributed by atoms with Gasteiger partial charge in [-0.05, 0) is 42.9 Å². The first-order valence-corrected chi connectivity index (χ1v) is 6.60. The second-order valence-electron chi connectivity index (χ2n) is 6.41. The molecule has 98 valence electrons. The molecule has 0 aliphatic heterocycles. The van der Waals surface area contributed by atoms with E-state index in [2.05, 4.69) is 20.8 Å². The van der Waals surface area contributed by atoms with Crippen LogP contribution in [-0.4, -0.2) is 18.4 Å². The average molecular weight is 240 g/mol. The van der Waals surface area contributed by atoms with Crippen molar-refractivity contribution in [2.45, 2.75) is 66.3 Å². The van der Waals surface area contributed by atoms with Gasteiger partial charge in [0.1, 0.15) is 0 Å². The Morgan fingerprint density at radius 2 is 2.00 bits per heavy atom. The molecule has 17 heavy (non-hydrogen) atoms. The molecule has 0 saturated heterocycles. The third-order valence-corrected chi connectivity index (χ3v) is 5.40. The topological polar surface area (TPSA) is 35.5 Å². The molecule has 0 aromatic heterocycles. The maximum absolute atomic E-state index is 10.9. The fourth-order valence-electron chi connectivity index (χ4n) is 3.83. The molecule has 0 heterocycles. The number of carbonyl (C=O) groups is 1. The van der Waals surface area contributed by atoms with E-state index in [9.17, 15) is 4.79 Å². The van der Waals surface area contributed by atoms with Gasteiger partial charge in [0.05, 0.1) is 6.10 Å². The van der Waals surface area contributed by atoms with Crippen molar-refractivity contribution in [1.82, 2.24) is 0 Å². The van der Waals surface area contributed by atoms with E-state index >= 15 is 0 Å². The fraction of sp³-hybridized carbons (Fsp3) is 0.929. The van der Waals surface area contributed by atoms with Crippen molar-refractivity contribution in [3.63, 3.8) is 0 Å². The molecule has 1 unspecified atom stereocenters. The summed E-state index contributed by atoms with van der Waals surface area (Å²) in [7, 11) is 0. The van der Waals surface area contributed by atoms with E-state index in [1.807, 2.05) is 6.92 Å². The Labute approximate surface area is 104 Å². The maximum Gasteiger partial charge on any atom is 0.304 e. The van der Waals surface area contributed by atoms with Gasteiger partial charge in [-0.1, -0.05) is 20.8 Å². The molecule has 0 spiro atoms. The first-order valence-electron chi connectivity index (χ1n) is 6.60. The monoisotopic (exact) mass is 240 g/mol. The first kappa shape index (κ1) is 12.9. The van der Waals surface area contributed by atoms with Crippen molar-refractivity contribution in [3.8, 4) is 0 Å². The van der Waals surface area contributed by atoms with Crippen LogP contribution in [0.5, 0.6) is 0 Å². The molecule has 2 saturated carbocycles. The van der Waals surface area contributed by atoms with Gasteiger partial charge in [0.2, 0.25) is 0 Å². The molecule has 2 fully saturated rings. The van der Waals surface area contributed by atoms with Gasteiger partial charge in [-0.2, -0.15) is 0 Å². The van der Waals surface area contributed by atoms with Crippen LogP contribution in [0.1, 0.15) is 53.9 Å². The third kappa shape index (κ3) is 1.88. The highest BCUT2D eigenvalue weighted by molar-refractivity contribution is 5.65. The predicted molar refractivity (Wildman–Crippen MR) is 65.3 cm³/mol. The van der Waals surface area contributed by atoms with Crippen LogP contribution < -0.4 is 0 Å². The molecule has 0 amide bonds. The van der Waals surface area contributed by atoms with Crippen molar-refractivity contribution >= 4 is 5.97 Å². The van der Waals surface area contributed by atoms with E-state index in [1.165, 1.54) is 19.8 Å². The minimum atomic E-state index is -0.426. The molecular weight excluding hydrogens is 216 g/mol. The highest BCUT2D eigenvalue weighted by Gasteiger charge is 2.62. The van der Waals surface area contributed by atoms with E-state index in [1.54, 1.807) is 0 Å². The molecule has 0 aromatic rings. The molecule has 3 heteroatoms. The Bertz CT molecular complexity index is 323. The summed E-state index contributed by atoms with van der Waals surface area (Å²) >= 11 is 0. The standard InChI is InChI=1S/C14H24O3/c1-9(15)16-10(2)17-12-8-11-6-7-14(12,5)13(11,3)4/h10-12H,6-8H2,1-5H3/t10?,11-,12+,14+/m1/s1. The van der Waals surface area contributed by atoms with E-state index < -0.39 is 6.29 Å². The van der Waals surface area contributed by atoms with E-state index in [0.29, 0.717) is 5.41 Å². The highest BCUT2D eigenvalue weighted by atomic mass is 16.7. The number of rotatable bonds is 3. The highest BCUT2D eigenvalue weighted by Crippen LogP contribution is 2.66. The Hall–Kier alpha value is -0.570. The second-order valence-corrected chi connectivity index (χ2v) is 6.41. The van der Waals surface area contributed by atoms with Gasteiger partial charge >= 0.3 is 5.97 Å². The van der Waals surface area contributed by atoms with Crippen LogP contribution in [0, 0.1) is 16.7 Å². The van der Waals surface area contributed by atoms with E-state index in [4.69, 9.17) is 9.47 Å². The minimum absolute atomic E-state index is 0.227. The Morgan fingerprint density at radius 1 is 1.35 bits per heavy atom. The molecule has 2 bridgehead atoms. The molecule has 3 nitrogen and oxygen atoms in total. The number of hydrogen-bond acceptors (Lipinski definition) is 3. The van der Waals surface area contributed by atoms with Gasteiger partial charge in [-0.25, -0.2) is 0 Å². The summed E-state index contributed by atoms with van der Waals surface area (Å²) in [5.74, 6) is 0.479. The molecule has 2 rings (SSSR count). The fourth-order valence-corrected chi connectivity index (χ4v) is 3.83. The number of ether oxygens (including phenoxy) is 2. The summed E-state index contributed by atoms with van der Waals surface area (Å²) in [4.78, 5) is 10.9. The lowest BCUT2D eigenvalue weighted by atomic mass is 9.70. The summed E-state index contributed by atoms with van der Waals surface area (Å²) in [5.41, 5.74) is 0.569. The lowest BCUT2D eigenvalue weighted by Gasteiger charge is -2.39. The van der Waals surface area contributed by atoms with Gasteiger partial charge in [-0.15, -0.1) is 0 Å². The van der Waals surface area contributed by atoms with E-state index in [-0.39, 0.29) is 17.5 Å². The number of fused-ring (bicyclic) bond motifs is 2. The number of esters is 1. The largest absolute Gasteiger partial charge is 0.436 e. The molecular formula is C14H24O3. The molecule has 4 atom stereocenters. The van der Waals surface area contributed by atoms with Crippen molar-refractivity contribution in [2.75, 3.05) is 0 Å². The Balaban J connectivity index is 2.03. The van der Waals surface area contributed by atoms with Crippen LogP contribution in [0.25, 0.3) is 0 Å². The van der Waals surface area contributed by atoms with Crippen molar-refractivity contribution < 1.29 is 14.3 Å². The summed E-state index contributed by atoms with van der Waals surface area (Å²) in [6.45, 7) is 10.3. The molecule has 0 aromatic carbocycles. The smallest absolute Gasteiger partial charge is 0.304 e. The van der Waals surface area contributed by atoms with Crippen LogP contribution in [0.3, 0.4) is 0 Å². The van der Waals surface area contributed by atoms with Crippen LogP contribution in [0.4, 0.5) is 0 Å². The lowest BCUT2D eigenvalue weighted by molar-refractivity contribution is -0.197. The molecule has 0 N–H and O–H groups in total. The Morgan fingerprint density at radius 3 is 2.41 bits per heavy atom.